The minimum absolute atomic E-state index is 0.406. The number of hydrogen-bond donors (Lipinski definition) is 1. The van der Waals surface area contributed by atoms with Gasteiger partial charge in [0.2, 0.25) is 11.8 Å². The van der Waals surface area contributed by atoms with Crippen LogP contribution in [0.2, 0.25) is 5.02 Å². The molecule has 2 N–H and O–H groups in total. The summed E-state index contributed by atoms with van der Waals surface area (Å²) < 4.78 is 5.62. The summed E-state index contributed by atoms with van der Waals surface area (Å²) in [4.78, 5) is 15.4. The molecule has 19 heavy (non-hydrogen) atoms. The van der Waals surface area contributed by atoms with Crippen LogP contribution in [0.5, 0.6) is 0 Å². The molecule has 4 nitrogen and oxygen atoms in total. The Morgan fingerprint density at radius 1 is 1.16 bits per heavy atom. The normalized spacial score (nSPS) is 10.8. The summed E-state index contributed by atoms with van der Waals surface area (Å²) in [5.74, 6) is -0.00812. The van der Waals surface area contributed by atoms with Gasteiger partial charge in [0.05, 0.1) is 0 Å². The van der Waals surface area contributed by atoms with E-state index in [2.05, 4.69) is 4.98 Å². The van der Waals surface area contributed by atoms with E-state index in [4.69, 9.17) is 21.8 Å². The predicted molar refractivity (Wildman–Crippen MR) is 73.0 cm³/mol. The van der Waals surface area contributed by atoms with E-state index in [9.17, 15) is 4.79 Å². The van der Waals surface area contributed by atoms with E-state index in [1.807, 2.05) is 12.1 Å². The minimum atomic E-state index is -0.488. The van der Waals surface area contributed by atoms with E-state index in [0.717, 1.165) is 5.56 Å². The number of aromatic nitrogens is 1. The third-order valence-electron chi connectivity index (χ3n) is 2.76. The number of benzene rings is 2. The van der Waals surface area contributed by atoms with Crippen LogP contribution in [0.25, 0.3) is 22.6 Å². The molecule has 0 fully saturated rings. The number of oxazole rings is 1. The van der Waals surface area contributed by atoms with Gasteiger partial charge in [-0.3, -0.25) is 4.79 Å². The number of nitrogens with two attached hydrogens (primary N) is 1. The molecule has 0 spiro atoms. The van der Waals surface area contributed by atoms with E-state index in [0.29, 0.717) is 27.6 Å². The van der Waals surface area contributed by atoms with E-state index < -0.39 is 5.91 Å². The van der Waals surface area contributed by atoms with Crippen molar-refractivity contribution in [2.24, 2.45) is 5.73 Å². The standard InChI is InChI=1S/C14H9ClN2O2/c15-10-4-1-8(2-5-10)14-17-11-7-9(13(16)18)3-6-12(11)19-14/h1-7H,(H2,16,18). The highest BCUT2D eigenvalue weighted by molar-refractivity contribution is 6.30. The van der Waals surface area contributed by atoms with Crippen LogP contribution in [0.1, 0.15) is 10.4 Å². The van der Waals surface area contributed by atoms with E-state index in [-0.39, 0.29) is 0 Å². The molecule has 0 radical (unpaired) electrons. The maximum absolute atomic E-state index is 11.1. The van der Waals surface area contributed by atoms with Gasteiger partial charge in [-0.25, -0.2) is 4.98 Å². The van der Waals surface area contributed by atoms with Gasteiger partial charge in [-0.1, -0.05) is 11.6 Å². The minimum Gasteiger partial charge on any atom is -0.436 e. The van der Waals surface area contributed by atoms with Crippen molar-refractivity contribution < 1.29 is 9.21 Å². The van der Waals surface area contributed by atoms with Gasteiger partial charge in [-0.15, -0.1) is 0 Å². The Balaban J connectivity index is 2.11. The molecule has 0 saturated heterocycles. The number of amides is 1. The Bertz CT molecular complexity index is 763. The van der Waals surface area contributed by atoms with Gasteiger partial charge in [-0.05, 0) is 42.5 Å². The fourth-order valence-corrected chi connectivity index (χ4v) is 1.92. The summed E-state index contributed by atoms with van der Waals surface area (Å²) in [5, 5.41) is 0.649. The zero-order valence-electron chi connectivity index (χ0n) is 9.76. The molecule has 3 rings (SSSR count). The molecule has 0 aliphatic rings. The molecule has 0 aliphatic carbocycles. The number of rotatable bonds is 2. The number of carbonyl (C=O) groups is 1. The Hall–Kier alpha value is -2.33. The molecular formula is C14H9ClN2O2. The summed E-state index contributed by atoms with van der Waals surface area (Å²) in [6.45, 7) is 0. The first-order chi connectivity index (χ1) is 9.13. The van der Waals surface area contributed by atoms with Crippen LogP contribution in [0, 0.1) is 0 Å². The Morgan fingerprint density at radius 3 is 2.58 bits per heavy atom. The van der Waals surface area contributed by atoms with Gasteiger partial charge in [0, 0.05) is 16.1 Å². The summed E-state index contributed by atoms with van der Waals surface area (Å²) in [6, 6.07) is 12.1. The quantitative estimate of drug-likeness (QED) is 0.778. The van der Waals surface area contributed by atoms with Gasteiger partial charge in [0.1, 0.15) is 5.52 Å². The Labute approximate surface area is 113 Å². The summed E-state index contributed by atoms with van der Waals surface area (Å²) in [5.41, 5.74) is 7.66. The Morgan fingerprint density at radius 2 is 1.89 bits per heavy atom. The second kappa shape index (κ2) is 4.40. The van der Waals surface area contributed by atoms with Gasteiger partial charge >= 0.3 is 0 Å². The molecule has 94 valence electrons. The van der Waals surface area contributed by atoms with Crippen LogP contribution in [0.15, 0.2) is 46.9 Å². The molecule has 2 aromatic carbocycles. The predicted octanol–water partition coefficient (Wildman–Crippen LogP) is 3.25. The molecule has 1 heterocycles. The van der Waals surface area contributed by atoms with Crippen LogP contribution in [-0.2, 0) is 0 Å². The number of fused-ring (bicyclic) bond motifs is 1. The number of halogens is 1. The second-order valence-corrected chi connectivity index (χ2v) is 4.51. The van der Waals surface area contributed by atoms with Crippen molar-refractivity contribution >= 4 is 28.6 Å². The van der Waals surface area contributed by atoms with E-state index in [1.54, 1.807) is 30.3 Å². The lowest BCUT2D eigenvalue weighted by Crippen LogP contribution is -2.10. The van der Waals surface area contributed by atoms with Crippen molar-refractivity contribution in [2.75, 3.05) is 0 Å². The monoisotopic (exact) mass is 272 g/mol. The molecular weight excluding hydrogens is 264 g/mol. The molecule has 0 atom stereocenters. The zero-order chi connectivity index (χ0) is 13.4. The van der Waals surface area contributed by atoms with Crippen molar-refractivity contribution in [3.63, 3.8) is 0 Å². The molecule has 0 saturated carbocycles. The molecule has 5 heteroatoms. The highest BCUT2D eigenvalue weighted by atomic mass is 35.5. The highest BCUT2D eigenvalue weighted by Gasteiger charge is 2.10. The third kappa shape index (κ3) is 2.18. The largest absolute Gasteiger partial charge is 0.436 e. The maximum Gasteiger partial charge on any atom is 0.248 e. The first kappa shape index (κ1) is 11.7. The van der Waals surface area contributed by atoms with Gasteiger partial charge in [0.25, 0.3) is 0 Å². The van der Waals surface area contributed by atoms with Crippen LogP contribution in [0.4, 0.5) is 0 Å². The van der Waals surface area contributed by atoms with E-state index >= 15 is 0 Å². The average molecular weight is 273 g/mol. The van der Waals surface area contributed by atoms with Crippen molar-refractivity contribution in [3.05, 3.63) is 53.1 Å². The van der Waals surface area contributed by atoms with Crippen LogP contribution in [-0.4, -0.2) is 10.9 Å². The van der Waals surface area contributed by atoms with Crippen molar-refractivity contribution in [3.8, 4) is 11.5 Å². The van der Waals surface area contributed by atoms with E-state index in [1.165, 1.54) is 0 Å². The Kier molecular flexibility index (Phi) is 2.72. The topological polar surface area (TPSA) is 69.1 Å². The van der Waals surface area contributed by atoms with Crippen molar-refractivity contribution in [2.45, 2.75) is 0 Å². The van der Waals surface area contributed by atoms with Gasteiger partial charge in [-0.2, -0.15) is 0 Å². The number of carbonyl (C=O) groups excluding carboxylic acids is 1. The molecule has 1 amide bonds. The fourth-order valence-electron chi connectivity index (χ4n) is 1.80. The first-order valence-corrected chi connectivity index (χ1v) is 5.97. The maximum atomic E-state index is 11.1. The smallest absolute Gasteiger partial charge is 0.248 e. The zero-order valence-corrected chi connectivity index (χ0v) is 10.5. The van der Waals surface area contributed by atoms with Crippen LogP contribution < -0.4 is 5.73 Å². The fraction of sp³-hybridized carbons (Fsp3) is 0. The SMILES string of the molecule is NC(=O)c1ccc2oc(-c3ccc(Cl)cc3)nc2c1. The highest BCUT2D eigenvalue weighted by Crippen LogP contribution is 2.25. The van der Waals surface area contributed by atoms with Crippen LogP contribution in [0.3, 0.4) is 0 Å². The van der Waals surface area contributed by atoms with Gasteiger partial charge < -0.3 is 10.2 Å². The van der Waals surface area contributed by atoms with Crippen LogP contribution >= 0.6 is 11.6 Å². The second-order valence-electron chi connectivity index (χ2n) is 4.07. The molecule has 3 aromatic rings. The summed E-state index contributed by atoms with van der Waals surface area (Å²) in [7, 11) is 0. The molecule has 1 aromatic heterocycles. The average Bonchev–Trinajstić information content (AvgIpc) is 2.82. The summed E-state index contributed by atoms with van der Waals surface area (Å²) in [6.07, 6.45) is 0. The van der Waals surface area contributed by atoms with Crippen molar-refractivity contribution in [1.82, 2.24) is 4.98 Å². The van der Waals surface area contributed by atoms with Crippen molar-refractivity contribution in [1.29, 1.82) is 0 Å². The molecule has 0 bridgehead atoms. The molecule has 0 aliphatic heterocycles. The lowest BCUT2D eigenvalue weighted by atomic mass is 10.2. The van der Waals surface area contributed by atoms with Gasteiger partial charge in [0.15, 0.2) is 5.58 Å². The lowest BCUT2D eigenvalue weighted by molar-refractivity contribution is 0.100. The first-order valence-electron chi connectivity index (χ1n) is 5.60. The number of primary amides is 1. The number of hydrogen-bond acceptors (Lipinski definition) is 3. The summed E-state index contributed by atoms with van der Waals surface area (Å²) >= 11 is 5.83. The third-order valence-corrected chi connectivity index (χ3v) is 3.02. The lowest BCUT2D eigenvalue weighted by Gasteiger charge is -1.94. The number of nitrogens with zero attached hydrogens (tertiary/aromatic N) is 1. The molecule has 0 unspecified atom stereocenters.